The van der Waals surface area contributed by atoms with E-state index in [0.29, 0.717) is 0 Å². The van der Waals surface area contributed by atoms with E-state index < -0.39 is 0 Å². The molecule has 1 aliphatic rings. The van der Waals surface area contributed by atoms with E-state index >= 15 is 0 Å². The summed E-state index contributed by atoms with van der Waals surface area (Å²) >= 11 is 0. The van der Waals surface area contributed by atoms with E-state index in [4.69, 9.17) is 10.5 Å². The average molecular weight is 127 g/mol. The second-order valence-corrected chi connectivity index (χ2v) is 2.38. The lowest BCUT2D eigenvalue weighted by Gasteiger charge is -2.25. The second-order valence-electron chi connectivity index (χ2n) is 2.38. The molecule has 2 atom stereocenters. The normalized spacial score (nSPS) is 36.1. The van der Waals surface area contributed by atoms with Crippen molar-refractivity contribution in [2.45, 2.75) is 25.0 Å². The zero-order valence-electron chi connectivity index (χ0n) is 5.55. The van der Waals surface area contributed by atoms with Gasteiger partial charge in [0.2, 0.25) is 0 Å². The fourth-order valence-corrected chi connectivity index (χ4v) is 1.07. The average Bonchev–Trinajstić information content (AvgIpc) is 1.89. The fraction of sp³-hybridized carbons (Fsp3) is 0.714. The highest BCUT2D eigenvalue weighted by Crippen LogP contribution is 2.11. The van der Waals surface area contributed by atoms with Gasteiger partial charge in [-0.15, -0.1) is 6.58 Å². The first-order valence-electron chi connectivity index (χ1n) is 3.34. The van der Waals surface area contributed by atoms with Crippen LogP contribution in [0.25, 0.3) is 0 Å². The number of ether oxygens (including phenoxy) is 1. The molecule has 2 N–H and O–H groups in total. The third-order valence-electron chi connectivity index (χ3n) is 1.65. The van der Waals surface area contributed by atoms with E-state index in [2.05, 4.69) is 6.58 Å². The minimum Gasteiger partial charge on any atom is -0.373 e. The summed E-state index contributed by atoms with van der Waals surface area (Å²) in [6.07, 6.45) is 4.03. The Hall–Kier alpha value is -0.340. The number of nitrogens with two attached hydrogens (primary N) is 1. The highest BCUT2D eigenvalue weighted by Gasteiger charge is 2.18. The van der Waals surface area contributed by atoms with Gasteiger partial charge in [-0.1, -0.05) is 6.08 Å². The van der Waals surface area contributed by atoms with Gasteiger partial charge in [-0.05, 0) is 12.8 Å². The monoisotopic (exact) mass is 127 g/mol. The molecule has 1 aliphatic heterocycles. The Kier molecular flexibility index (Phi) is 2.25. The summed E-state index contributed by atoms with van der Waals surface area (Å²) in [5, 5.41) is 0. The van der Waals surface area contributed by atoms with Crippen molar-refractivity contribution < 1.29 is 4.74 Å². The van der Waals surface area contributed by atoms with Gasteiger partial charge in [0, 0.05) is 12.6 Å². The SMILES string of the molecule is C=C[C@H]1OCCC[C@H]1N. The van der Waals surface area contributed by atoms with Crippen molar-refractivity contribution in [1.82, 2.24) is 0 Å². The standard InChI is InChI=1S/C7H13NO/c1-2-7-6(8)4-3-5-9-7/h2,6-7H,1,3-5,8H2/t6-,7-/m1/s1. The van der Waals surface area contributed by atoms with E-state index in [1.807, 2.05) is 0 Å². The van der Waals surface area contributed by atoms with Gasteiger partial charge in [0.05, 0.1) is 6.10 Å². The molecule has 0 saturated carbocycles. The van der Waals surface area contributed by atoms with Crippen LogP contribution in [0.2, 0.25) is 0 Å². The molecule has 1 heterocycles. The van der Waals surface area contributed by atoms with Crippen LogP contribution in [-0.2, 0) is 4.74 Å². The molecule has 2 nitrogen and oxygen atoms in total. The van der Waals surface area contributed by atoms with Crippen molar-refractivity contribution >= 4 is 0 Å². The van der Waals surface area contributed by atoms with E-state index in [0.717, 1.165) is 19.4 Å². The summed E-state index contributed by atoms with van der Waals surface area (Å²) in [6, 6.07) is 0.177. The van der Waals surface area contributed by atoms with Gasteiger partial charge < -0.3 is 10.5 Å². The predicted molar refractivity (Wildman–Crippen MR) is 37.1 cm³/mol. The molecule has 1 rings (SSSR count). The van der Waals surface area contributed by atoms with Crippen molar-refractivity contribution in [2.24, 2.45) is 5.73 Å². The summed E-state index contributed by atoms with van der Waals surface area (Å²) in [5.41, 5.74) is 5.69. The van der Waals surface area contributed by atoms with Crippen LogP contribution in [0.15, 0.2) is 12.7 Å². The number of hydrogen-bond donors (Lipinski definition) is 1. The molecule has 0 spiro atoms. The molecule has 0 amide bonds. The highest BCUT2D eigenvalue weighted by molar-refractivity contribution is 4.90. The molecule has 0 radical (unpaired) electrons. The maximum atomic E-state index is 5.69. The van der Waals surface area contributed by atoms with Gasteiger partial charge in [0.1, 0.15) is 0 Å². The molecule has 9 heavy (non-hydrogen) atoms. The molecule has 0 aromatic heterocycles. The number of rotatable bonds is 1. The van der Waals surface area contributed by atoms with Crippen LogP contribution < -0.4 is 5.73 Å². The molecular formula is C7H13NO. The van der Waals surface area contributed by atoms with E-state index in [-0.39, 0.29) is 12.1 Å². The van der Waals surface area contributed by atoms with Gasteiger partial charge in [-0.2, -0.15) is 0 Å². The minimum absolute atomic E-state index is 0.0961. The molecule has 0 unspecified atom stereocenters. The predicted octanol–water partition coefficient (Wildman–Crippen LogP) is 0.679. The van der Waals surface area contributed by atoms with Gasteiger partial charge in [0.15, 0.2) is 0 Å². The van der Waals surface area contributed by atoms with Crippen LogP contribution in [0, 0.1) is 0 Å². The van der Waals surface area contributed by atoms with Gasteiger partial charge in [-0.25, -0.2) is 0 Å². The van der Waals surface area contributed by atoms with Crippen LogP contribution in [-0.4, -0.2) is 18.8 Å². The Labute approximate surface area is 55.7 Å². The Bertz CT molecular complexity index is 103. The van der Waals surface area contributed by atoms with Crippen LogP contribution in [0.3, 0.4) is 0 Å². The van der Waals surface area contributed by atoms with E-state index in [1.165, 1.54) is 0 Å². The Morgan fingerprint density at radius 3 is 2.89 bits per heavy atom. The Morgan fingerprint density at radius 1 is 1.67 bits per heavy atom. The molecule has 1 fully saturated rings. The van der Waals surface area contributed by atoms with Crippen LogP contribution >= 0.6 is 0 Å². The molecular weight excluding hydrogens is 114 g/mol. The molecule has 0 bridgehead atoms. The third-order valence-corrected chi connectivity index (χ3v) is 1.65. The first-order chi connectivity index (χ1) is 4.34. The third kappa shape index (κ3) is 1.53. The lowest BCUT2D eigenvalue weighted by molar-refractivity contribution is 0.0320. The summed E-state index contributed by atoms with van der Waals surface area (Å²) in [7, 11) is 0. The number of hydrogen-bond acceptors (Lipinski definition) is 2. The molecule has 2 heteroatoms. The van der Waals surface area contributed by atoms with Crippen molar-refractivity contribution in [3.63, 3.8) is 0 Å². The molecule has 0 aliphatic carbocycles. The summed E-state index contributed by atoms with van der Waals surface area (Å²) in [4.78, 5) is 0. The quantitative estimate of drug-likeness (QED) is 0.526. The summed E-state index contributed by atoms with van der Waals surface area (Å²) in [5.74, 6) is 0. The van der Waals surface area contributed by atoms with E-state index in [1.54, 1.807) is 6.08 Å². The van der Waals surface area contributed by atoms with Crippen LogP contribution in [0.1, 0.15) is 12.8 Å². The van der Waals surface area contributed by atoms with Gasteiger partial charge >= 0.3 is 0 Å². The van der Waals surface area contributed by atoms with Crippen molar-refractivity contribution in [3.05, 3.63) is 12.7 Å². The van der Waals surface area contributed by atoms with Gasteiger partial charge in [-0.3, -0.25) is 0 Å². The summed E-state index contributed by atoms with van der Waals surface area (Å²) < 4.78 is 5.30. The zero-order chi connectivity index (χ0) is 6.69. The fourth-order valence-electron chi connectivity index (χ4n) is 1.07. The van der Waals surface area contributed by atoms with Gasteiger partial charge in [0.25, 0.3) is 0 Å². The smallest absolute Gasteiger partial charge is 0.0904 e. The van der Waals surface area contributed by atoms with E-state index in [9.17, 15) is 0 Å². The zero-order valence-corrected chi connectivity index (χ0v) is 5.55. The largest absolute Gasteiger partial charge is 0.373 e. The second kappa shape index (κ2) is 2.99. The lowest BCUT2D eigenvalue weighted by atomic mass is 10.0. The van der Waals surface area contributed by atoms with Crippen molar-refractivity contribution in [3.8, 4) is 0 Å². The van der Waals surface area contributed by atoms with Crippen molar-refractivity contribution in [1.29, 1.82) is 0 Å². The maximum absolute atomic E-state index is 5.69. The van der Waals surface area contributed by atoms with Crippen molar-refractivity contribution in [2.75, 3.05) is 6.61 Å². The maximum Gasteiger partial charge on any atom is 0.0904 e. The topological polar surface area (TPSA) is 35.2 Å². The molecule has 52 valence electrons. The molecule has 0 aromatic rings. The van der Waals surface area contributed by atoms with Crippen LogP contribution in [0.4, 0.5) is 0 Å². The molecule has 0 aromatic carbocycles. The highest BCUT2D eigenvalue weighted by atomic mass is 16.5. The minimum atomic E-state index is 0.0961. The Balaban J connectivity index is 2.38. The Morgan fingerprint density at radius 2 is 2.44 bits per heavy atom. The lowest BCUT2D eigenvalue weighted by Crippen LogP contribution is -2.39. The first kappa shape index (κ1) is 6.78. The molecule has 1 saturated heterocycles. The summed E-state index contributed by atoms with van der Waals surface area (Å²) in [6.45, 7) is 4.47. The van der Waals surface area contributed by atoms with Crippen LogP contribution in [0.5, 0.6) is 0 Å². The first-order valence-corrected chi connectivity index (χ1v) is 3.34.